The number of rotatable bonds is 3. The molecule has 23 heavy (non-hydrogen) atoms. The van der Waals surface area contributed by atoms with Gasteiger partial charge in [-0.3, -0.25) is 9.89 Å². The second kappa shape index (κ2) is 5.81. The highest BCUT2D eigenvalue weighted by Gasteiger charge is 2.34. The van der Waals surface area contributed by atoms with Gasteiger partial charge in [0.1, 0.15) is 17.6 Å². The van der Waals surface area contributed by atoms with E-state index in [-0.39, 0.29) is 23.5 Å². The van der Waals surface area contributed by atoms with Gasteiger partial charge in [-0.2, -0.15) is 5.10 Å². The number of nitrogens with one attached hydrogen (secondary N) is 2. The van der Waals surface area contributed by atoms with Gasteiger partial charge in [-0.1, -0.05) is 20.8 Å². The van der Waals surface area contributed by atoms with Crippen LogP contribution in [0.25, 0.3) is 0 Å². The van der Waals surface area contributed by atoms with E-state index in [9.17, 15) is 4.79 Å². The van der Waals surface area contributed by atoms with E-state index in [1.807, 2.05) is 17.8 Å². The first-order chi connectivity index (χ1) is 10.9. The Balaban J connectivity index is 1.72. The Morgan fingerprint density at radius 2 is 2.26 bits per heavy atom. The quantitative estimate of drug-likeness (QED) is 0.902. The van der Waals surface area contributed by atoms with Crippen LogP contribution in [-0.4, -0.2) is 38.3 Å². The third kappa shape index (κ3) is 3.14. The van der Waals surface area contributed by atoms with Crippen LogP contribution in [0.15, 0.2) is 18.5 Å². The number of aromatic nitrogens is 4. The average molecular weight is 317 g/mol. The van der Waals surface area contributed by atoms with Crippen molar-refractivity contribution in [2.45, 2.75) is 44.8 Å². The summed E-state index contributed by atoms with van der Waals surface area (Å²) in [6.45, 7) is 6.83. The summed E-state index contributed by atoms with van der Waals surface area (Å²) in [6.07, 6.45) is 4.15. The van der Waals surface area contributed by atoms with Crippen LogP contribution in [0, 0.1) is 0 Å². The summed E-state index contributed by atoms with van der Waals surface area (Å²) in [5.41, 5.74) is 1.27. The minimum Gasteiger partial charge on any atom is -0.368 e. The molecule has 3 heterocycles. The highest BCUT2D eigenvalue weighted by atomic mass is 16.5. The number of nitrogens with zero attached hydrogens (tertiary/aromatic N) is 3. The molecule has 0 radical (unpaired) electrons. The highest BCUT2D eigenvalue weighted by molar-refractivity contribution is 5.92. The Kier molecular flexibility index (Phi) is 3.97. The molecule has 1 saturated heterocycles. The van der Waals surface area contributed by atoms with Crippen molar-refractivity contribution in [3.05, 3.63) is 35.7 Å². The topological polar surface area (TPSA) is 84.8 Å². The Morgan fingerprint density at radius 1 is 1.48 bits per heavy atom. The number of H-pyrrole nitrogens is 1. The molecular weight excluding hydrogens is 294 g/mol. The van der Waals surface area contributed by atoms with Gasteiger partial charge < -0.3 is 14.6 Å². The lowest BCUT2D eigenvalue weighted by molar-refractivity contribution is 0.0776. The van der Waals surface area contributed by atoms with Gasteiger partial charge in [0.25, 0.3) is 5.91 Å². The van der Waals surface area contributed by atoms with Crippen molar-refractivity contribution in [3.63, 3.8) is 0 Å². The number of hydrogen-bond acceptors (Lipinski definition) is 4. The van der Waals surface area contributed by atoms with Crippen LogP contribution in [0.5, 0.6) is 0 Å². The molecule has 2 aromatic rings. The number of amides is 1. The summed E-state index contributed by atoms with van der Waals surface area (Å²) in [7, 11) is 1.92. The summed E-state index contributed by atoms with van der Waals surface area (Å²) in [5.74, 6) is 0.636. The van der Waals surface area contributed by atoms with E-state index in [1.54, 1.807) is 12.3 Å². The van der Waals surface area contributed by atoms with Crippen molar-refractivity contribution in [3.8, 4) is 0 Å². The first-order valence-corrected chi connectivity index (χ1v) is 7.82. The number of ether oxygens (including phenoxy) is 1. The predicted molar refractivity (Wildman–Crippen MR) is 85.1 cm³/mol. The van der Waals surface area contributed by atoms with Crippen molar-refractivity contribution in [1.82, 2.24) is 25.1 Å². The standard InChI is InChI=1S/C16H23N5O2/c1-16(2,3)12-9-11(19-20-12)15(22)18-10-5-8-23-13(10)14-17-6-7-21(14)4/h6-7,9-10,13H,5,8H2,1-4H3,(H,18,22)(H,19,20)/t10-,13-/m0/s1. The lowest BCUT2D eigenvalue weighted by atomic mass is 9.92. The normalized spacial score (nSPS) is 21.6. The van der Waals surface area contributed by atoms with Crippen LogP contribution < -0.4 is 5.32 Å². The maximum atomic E-state index is 12.5. The number of hydrogen-bond donors (Lipinski definition) is 2. The van der Waals surface area contributed by atoms with Gasteiger partial charge in [0.05, 0.1) is 6.04 Å². The fraction of sp³-hybridized carbons (Fsp3) is 0.562. The summed E-state index contributed by atoms with van der Waals surface area (Å²) in [5, 5.41) is 10.1. The van der Waals surface area contributed by atoms with Crippen LogP contribution in [-0.2, 0) is 17.2 Å². The molecule has 1 fully saturated rings. The van der Waals surface area contributed by atoms with Crippen molar-refractivity contribution in [1.29, 1.82) is 0 Å². The minimum absolute atomic E-state index is 0.0719. The van der Waals surface area contributed by atoms with Crippen LogP contribution in [0.1, 0.15) is 55.3 Å². The molecule has 124 valence electrons. The van der Waals surface area contributed by atoms with Gasteiger partial charge in [-0.05, 0) is 12.5 Å². The van der Waals surface area contributed by atoms with Crippen LogP contribution in [0.3, 0.4) is 0 Å². The van der Waals surface area contributed by atoms with Gasteiger partial charge in [0.2, 0.25) is 0 Å². The number of carbonyl (C=O) groups excluding carboxylic acids is 1. The molecule has 0 saturated carbocycles. The largest absolute Gasteiger partial charge is 0.368 e. The van der Waals surface area contributed by atoms with E-state index >= 15 is 0 Å². The van der Waals surface area contributed by atoms with Crippen LogP contribution in [0.4, 0.5) is 0 Å². The molecule has 0 aromatic carbocycles. The van der Waals surface area contributed by atoms with Crippen LogP contribution in [0.2, 0.25) is 0 Å². The summed E-state index contributed by atoms with van der Waals surface area (Å²) in [4.78, 5) is 16.8. The van der Waals surface area contributed by atoms with E-state index in [1.165, 1.54) is 0 Å². The van der Waals surface area contributed by atoms with Crippen molar-refractivity contribution in [2.24, 2.45) is 7.05 Å². The molecule has 1 aliphatic heterocycles. The second-order valence-corrected chi connectivity index (χ2v) is 6.97. The monoisotopic (exact) mass is 317 g/mol. The maximum Gasteiger partial charge on any atom is 0.272 e. The zero-order chi connectivity index (χ0) is 16.6. The highest BCUT2D eigenvalue weighted by Crippen LogP contribution is 2.28. The van der Waals surface area contributed by atoms with Gasteiger partial charge in [-0.15, -0.1) is 0 Å². The third-order valence-electron chi connectivity index (χ3n) is 4.14. The van der Waals surface area contributed by atoms with E-state index in [2.05, 4.69) is 41.3 Å². The first kappa shape index (κ1) is 15.7. The van der Waals surface area contributed by atoms with Gasteiger partial charge in [0.15, 0.2) is 0 Å². The fourth-order valence-corrected chi connectivity index (χ4v) is 2.71. The van der Waals surface area contributed by atoms with Gasteiger partial charge >= 0.3 is 0 Å². The van der Waals surface area contributed by atoms with Crippen molar-refractivity contribution < 1.29 is 9.53 Å². The van der Waals surface area contributed by atoms with Crippen LogP contribution >= 0.6 is 0 Å². The minimum atomic E-state index is -0.222. The molecule has 2 atom stereocenters. The summed E-state index contributed by atoms with van der Waals surface area (Å²) < 4.78 is 7.68. The first-order valence-electron chi connectivity index (χ1n) is 7.82. The predicted octanol–water partition coefficient (Wildman–Crippen LogP) is 1.70. The van der Waals surface area contributed by atoms with E-state index in [0.29, 0.717) is 12.3 Å². The average Bonchev–Trinajstić information content (AvgIpc) is 3.17. The van der Waals surface area contributed by atoms with Gasteiger partial charge in [-0.25, -0.2) is 4.98 Å². The summed E-state index contributed by atoms with van der Waals surface area (Å²) in [6, 6.07) is 1.71. The zero-order valence-electron chi connectivity index (χ0n) is 14.0. The summed E-state index contributed by atoms with van der Waals surface area (Å²) >= 11 is 0. The molecule has 7 nitrogen and oxygen atoms in total. The van der Waals surface area contributed by atoms with Crippen molar-refractivity contribution >= 4 is 5.91 Å². The molecular formula is C16H23N5O2. The Hall–Kier alpha value is -2.15. The molecule has 0 spiro atoms. The molecule has 0 bridgehead atoms. The second-order valence-electron chi connectivity index (χ2n) is 6.97. The van der Waals surface area contributed by atoms with Crippen molar-refractivity contribution in [2.75, 3.05) is 6.61 Å². The Bertz CT molecular complexity index is 697. The molecule has 0 aliphatic carbocycles. The zero-order valence-corrected chi connectivity index (χ0v) is 14.0. The van der Waals surface area contributed by atoms with E-state index < -0.39 is 0 Å². The molecule has 3 rings (SSSR count). The maximum absolute atomic E-state index is 12.5. The number of carbonyl (C=O) groups is 1. The number of aromatic amines is 1. The molecule has 2 N–H and O–H groups in total. The fourth-order valence-electron chi connectivity index (χ4n) is 2.71. The molecule has 1 amide bonds. The lowest BCUT2D eigenvalue weighted by Crippen LogP contribution is -2.37. The smallest absolute Gasteiger partial charge is 0.272 e. The molecule has 2 aromatic heterocycles. The van der Waals surface area contributed by atoms with E-state index in [0.717, 1.165) is 17.9 Å². The lowest BCUT2D eigenvalue weighted by Gasteiger charge is -2.19. The Labute approximate surface area is 135 Å². The molecule has 1 aliphatic rings. The number of imidazole rings is 1. The van der Waals surface area contributed by atoms with Gasteiger partial charge in [0, 0.05) is 37.2 Å². The molecule has 0 unspecified atom stereocenters. The number of aryl methyl sites for hydroxylation is 1. The third-order valence-corrected chi connectivity index (χ3v) is 4.14. The Morgan fingerprint density at radius 3 is 2.87 bits per heavy atom. The molecule has 7 heteroatoms. The SMILES string of the molecule is Cn1ccnc1[C@H]1OCC[C@@H]1NC(=O)c1cc(C(C)(C)C)[nH]n1. The van der Waals surface area contributed by atoms with E-state index in [4.69, 9.17) is 4.74 Å².